The van der Waals surface area contributed by atoms with Gasteiger partial charge in [-0.25, -0.2) is 0 Å². The molecule has 1 aliphatic carbocycles. The molecular weight excluding hydrogens is 212 g/mol. The Morgan fingerprint density at radius 1 is 1.47 bits per heavy atom. The molecule has 0 bridgehead atoms. The van der Waals surface area contributed by atoms with E-state index >= 15 is 0 Å². The van der Waals surface area contributed by atoms with Gasteiger partial charge in [-0.05, 0) is 38.3 Å². The average molecular weight is 230 g/mol. The van der Waals surface area contributed by atoms with Crippen LogP contribution in [0.15, 0.2) is 24.3 Å². The molecule has 0 amide bonds. The minimum Gasteiger partial charge on any atom is -0.494 e. The first-order valence-corrected chi connectivity index (χ1v) is 6.22. The molecule has 3 heteroatoms. The lowest BCUT2D eigenvalue weighted by Gasteiger charge is -2.17. The Morgan fingerprint density at radius 2 is 2.35 bits per heavy atom. The van der Waals surface area contributed by atoms with Crippen LogP contribution in [0.4, 0.5) is 5.69 Å². The van der Waals surface area contributed by atoms with Crippen LogP contribution in [-0.2, 0) is 0 Å². The molecule has 0 radical (unpaired) electrons. The molecule has 1 aromatic carbocycles. The molecule has 0 spiro atoms. The van der Waals surface area contributed by atoms with Gasteiger partial charge in [0.05, 0.1) is 18.6 Å². The predicted molar refractivity (Wildman–Crippen MR) is 68.0 cm³/mol. The van der Waals surface area contributed by atoms with Crippen molar-refractivity contribution >= 4 is 5.69 Å². The summed E-state index contributed by atoms with van der Waals surface area (Å²) in [6, 6.07) is 10.6. The summed E-state index contributed by atoms with van der Waals surface area (Å²) in [6.07, 6.45) is 3.23. The normalized spacial score (nSPS) is 23.1. The monoisotopic (exact) mass is 230 g/mol. The van der Waals surface area contributed by atoms with E-state index in [-0.39, 0.29) is 12.0 Å². The molecule has 0 heterocycles. The van der Waals surface area contributed by atoms with E-state index in [0.29, 0.717) is 6.61 Å². The first-order valence-electron chi connectivity index (χ1n) is 6.22. The maximum absolute atomic E-state index is 9.04. The molecule has 0 saturated heterocycles. The molecule has 3 nitrogen and oxygen atoms in total. The zero-order valence-electron chi connectivity index (χ0n) is 10.1. The number of rotatable bonds is 4. The Morgan fingerprint density at radius 3 is 3.12 bits per heavy atom. The molecule has 2 unspecified atom stereocenters. The Bertz CT molecular complexity index is 411. The van der Waals surface area contributed by atoms with E-state index in [9.17, 15) is 0 Å². The summed E-state index contributed by atoms with van der Waals surface area (Å²) in [7, 11) is 0. The van der Waals surface area contributed by atoms with Gasteiger partial charge in [0, 0.05) is 17.8 Å². The Balaban J connectivity index is 2.03. The molecular formula is C14H18N2O. The van der Waals surface area contributed by atoms with Crippen molar-refractivity contribution in [1.29, 1.82) is 5.26 Å². The number of hydrogen-bond acceptors (Lipinski definition) is 3. The lowest BCUT2D eigenvalue weighted by Crippen LogP contribution is -2.22. The molecule has 2 rings (SSSR count). The van der Waals surface area contributed by atoms with Gasteiger partial charge in [0.15, 0.2) is 0 Å². The van der Waals surface area contributed by atoms with Crippen LogP contribution in [-0.4, -0.2) is 12.6 Å². The van der Waals surface area contributed by atoms with Crippen LogP contribution in [0.5, 0.6) is 5.75 Å². The van der Waals surface area contributed by atoms with Crippen molar-refractivity contribution in [2.24, 2.45) is 5.92 Å². The summed E-state index contributed by atoms with van der Waals surface area (Å²) in [6.45, 7) is 2.65. The quantitative estimate of drug-likeness (QED) is 0.864. The molecule has 0 aliphatic heterocycles. The van der Waals surface area contributed by atoms with Crippen LogP contribution in [0.2, 0.25) is 0 Å². The molecule has 0 aromatic heterocycles. The smallest absolute Gasteiger partial charge is 0.121 e. The summed E-state index contributed by atoms with van der Waals surface area (Å²) >= 11 is 0. The second kappa shape index (κ2) is 5.58. The standard InChI is InChI=1S/C14H18N2O/c1-2-17-13-7-4-6-12(9-13)16-14-8-3-5-11(14)10-15/h4,6-7,9,11,14,16H,2-3,5,8H2,1H3. The number of nitrogens with zero attached hydrogens (tertiary/aromatic N) is 1. The summed E-state index contributed by atoms with van der Waals surface area (Å²) in [5, 5.41) is 12.5. The average Bonchev–Trinajstić information content (AvgIpc) is 2.77. The largest absolute Gasteiger partial charge is 0.494 e. The van der Waals surface area contributed by atoms with Crippen molar-refractivity contribution < 1.29 is 4.74 Å². The summed E-state index contributed by atoms with van der Waals surface area (Å²) in [5.41, 5.74) is 1.04. The van der Waals surface area contributed by atoms with Gasteiger partial charge in [-0.3, -0.25) is 0 Å². The van der Waals surface area contributed by atoms with Crippen LogP contribution in [0.25, 0.3) is 0 Å². The second-order valence-corrected chi connectivity index (χ2v) is 4.38. The van der Waals surface area contributed by atoms with E-state index in [1.807, 2.05) is 31.2 Å². The van der Waals surface area contributed by atoms with Gasteiger partial charge in [0.2, 0.25) is 0 Å². The van der Waals surface area contributed by atoms with E-state index < -0.39 is 0 Å². The highest BCUT2D eigenvalue weighted by Gasteiger charge is 2.26. The van der Waals surface area contributed by atoms with Crippen molar-refractivity contribution in [1.82, 2.24) is 0 Å². The van der Waals surface area contributed by atoms with E-state index in [0.717, 1.165) is 30.7 Å². The van der Waals surface area contributed by atoms with E-state index in [4.69, 9.17) is 10.00 Å². The molecule has 90 valence electrons. The van der Waals surface area contributed by atoms with Crippen molar-refractivity contribution in [3.8, 4) is 11.8 Å². The molecule has 1 saturated carbocycles. The van der Waals surface area contributed by atoms with Crippen molar-refractivity contribution in [3.63, 3.8) is 0 Å². The third-order valence-corrected chi connectivity index (χ3v) is 3.18. The molecule has 17 heavy (non-hydrogen) atoms. The fourth-order valence-corrected chi connectivity index (χ4v) is 2.34. The summed E-state index contributed by atoms with van der Waals surface area (Å²) in [5.74, 6) is 1.02. The molecule has 1 fully saturated rings. The minimum absolute atomic E-state index is 0.144. The molecule has 1 aromatic rings. The van der Waals surface area contributed by atoms with Crippen molar-refractivity contribution in [3.05, 3.63) is 24.3 Å². The topological polar surface area (TPSA) is 45.0 Å². The first kappa shape index (κ1) is 11.8. The van der Waals surface area contributed by atoms with Gasteiger partial charge in [-0.15, -0.1) is 0 Å². The maximum atomic E-state index is 9.04. The number of ether oxygens (including phenoxy) is 1. The highest BCUT2D eigenvalue weighted by Crippen LogP contribution is 2.28. The van der Waals surface area contributed by atoms with Crippen LogP contribution in [0, 0.1) is 17.2 Å². The molecule has 2 atom stereocenters. The number of nitrogens with one attached hydrogen (secondary N) is 1. The highest BCUT2D eigenvalue weighted by molar-refractivity contribution is 5.49. The van der Waals surface area contributed by atoms with Gasteiger partial charge >= 0.3 is 0 Å². The third-order valence-electron chi connectivity index (χ3n) is 3.18. The zero-order chi connectivity index (χ0) is 12.1. The number of hydrogen-bond donors (Lipinski definition) is 1. The predicted octanol–water partition coefficient (Wildman–Crippen LogP) is 3.19. The minimum atomic E-state index is 0.144. The van der Waals surface area contributed by atoms with Crippen LogP contribution in [0.1, 0.15) is 26.2 Å². The van der Waals surface area contributed by atoms with Crippen LogP contribution in [0.3, 0.4) is 0 Å². The first-order chi connectivity index (χ1) is 8.33. The molecule has 1 N–H and O–H groups in total. The van der Waals surface area contributed by atoms with E-state index in [2.05, 4.69) is 11.4 Å². The third kappa shape index (κ3) is 2.91. The SMILES string of the molecule is CCOc1cccc(NC2CCCC2C#N)c1. The highest BCUT2D eigenvalue weighted by atomic mass is 16.5. The fraction of sp³-hybridized carbons (Fsp3) is 0.500. The van der Waals surface area contributed by atoms with Gasteiger partial charge in [-0.1, -0.05) is 6.07 Å². The lowest BCUT2D eigenvalue weighted by atomic mass is 10.1. The Hall–Kier alpha value is -1.69. The number of nitriles is 1. The van der Waals surface area contributed by atoms with Crippen LogP contribution < -0.4 is 10.1 Å². The summed E-state index contributed by atoms with van der Waals surface area (Å²) in [4.78, 5) is 0. The number of anilines is 1. The van der Waals surface area contributed by atoms with Crippen molar-refractivity contribution in [2.75, 3.05) is 11.9 Å². The van der Waals surface area contributed by atoms with E-state index in [1.54, 1.807) is 0 Å². The van der Waals surface area contributed by atoms with Crippen molar-refractivity contribution in [2.45, 2.75) is 32.2 Å². The Kier molecular flexibility index (Phi) is 3.87. The maximum Gasteiger partial charge on any atom is 0.121 e. The second-order valence-electron chi connectivity index (χ2n) is 4.38. The molecule has 1 aliphatic rings. The zero-order valence-corrected chi connectivity index (χ0v) is 10.1. The summed E-state index contributed by atoms with van der Waals surface area (Å²) < 4.78 is 5.46. The van der Waals surface area contributed by atoms with E-state index in [1.165, 1.54) is 0 Å². The Labute approximate surface area is 102 Å². The van der Waals surface area contributed by atoms with Gasteiger partial charge < -0.3 is 10.1 Å². The van der Waals surface area contributed by atoms with Gasteiger partial charge in [0.25, 0.3) is 0 Å². The van der Waals surface area contributed by atoms with Gasteiger partial charge in [0.1, 0.15) is 5.75 Å². The number of benzene rings is 1. The van der Waals surface area contributed by atoms with Gasteiger partial charge in [-0.2, -0.15) is 5.26 Å². The fourth-order valence-electron chi connectivity index (χ4n) is 2.34. The van der Waals surface area contributed by atoms with Crippen LogP contribution >= 0.6 is 0 Å². The lowest BCUT2D eigenvalue weighted by molar-refractivity contribution is 0.340.